The normalized spacial score (nSPS) is 13.1. The van der Waals surface area contributed by atoms with Crippen molar-refractivity contribution in [2.75, 3.05) is 5.75 Å². The number of hydrogen-bond acceptors (Lipinski definition) is 3. The lowest BCUT2D eigenvalue weighted by molar-refractivity contribution is 0.589. The van der Waals surface area contributed by atoms with Crippen LogP contribution in [0.25, 0.3) is 0 Å². The van der Waals surface area contributed by atoms with E-state index in [2.05, 4.69) is 0 Å². The second-order valence-corrected chi connectivity index (χ2v) is 7.73. The van der Waals surface area contributed by atoms with Crippen LogP contribution >= 0.6 is 11.6 Å². The largest absolute Gasteiger partial charge is 0.323 e. The Morgan fingerprint density at radius 3 is 2.10 bits per heavy atom. The predicted octanol–water partition coefficient (Wildman–Crippen LogP) is 3.43. The molecule has 2 rings (SSSR count). The SMILES string of the molecule is Cc1cc(C)cc(C(N)CS(=O)(=O)c2ccc(Cl)cc2)c1. The molecule has 112 valence electrons. The Hall–Kier alpha value is -1.36. The van der Waals surface area contributed by atoms with Crippen LogP contribution in [0.15, 0.2) is 47.4 Å². The van der Waals surface area contributed by atoms with Crippen LogP contribution in [-0.4, -0.2) is 14.2 Å². The van der Waals surface area contributed by atoms with Gasteiger partial charge in [-0.2, -0.15) is 0 Å². The number of benzene rings is 2. The van der Waals surface area contributed by atoms with Gasteiger partial charge in [0.1, 0.15) is 0 Å². The summed E-state index contributed by atoms with van der Waals surface area (Å²) in [4.78, 5) is 0.242. The minimum atomic E-state index is -3.43. The molecular formula is C16H18ClNO2S. The van der Waals surface area contributed by atoms with Crippen LogP contribution in [0, 0.1) is 13.8 Å². The molecule has 1 unspecified atom stereocenters. The molecule has 2 aromatic carbocycles. The molecule has 0 amide bonds. The molecular weight excluding hydrogens is 306 g/mol. The van der Waals surface area contributed by atoms with Crippen LogP contribution in [0.5, 0.6) is 0 Å². The van der Waals surface area contributed by atoms with Crippen molar-refractivity contribution in [3.8, 4) is 0 Å². The van der Waals surface area contributed by atoms with Gasteiger partial charge in [0.15, 0.2) is 9.84 Å². The van der Waals surface area contributed by atoms with Gasteiger partial charge in [0.2, 0.25) is 0 Å². The number of sulfone groups is 1. The fourth-order valence-electron chi connectivity index (χ4n) is 2.29. The first-order valence-electron chi connectivity index (χ1n) is 6.60. The molecule has 0 spiro atoms. The number of hydrogen-bond donors (Lipinski definition) is 1. The molecule has 5 heteroatoms. The number of nitrogens with two attached hydrogens (primary N) is 1. The Kier molecular flexibility index (Phi) is 4.71. The monoisotopic (exact) mass is 323 g/mol. The fourth-order valence-corrected chi connectivity index (χ4v) is 3.83. The molecule has 0 fully saturated rings. The highest BCUT2D eigenvalue weighted by atomic mass is 35.5. The van der Waals surface area contributed by atoms with Crippen molar-refractivity contribution in [3.63, 3.8) is 0 Å². The summed E-state index contributed by atoms with van der Waals surface area (Å²) in [5.74, 6) is -0.127. The van der Waals surface area contributed by atoms with E-state index in [1.807, 2.05) is 32.0 Å². The van der Waals surface area contributed by atoms with E-state index in [1.54, 1.807) is 12.1 Å². The Balaban J connectivity index is 2.25. The molecule has 0 bridgehead atoms. The number of aryl methyl sites for hydroxylation is 2. The van der Waals surface area contributed by atoms with Crippen LogP contribution in [0.4, 0.5) is 0 Å². The third-order valence-corrected chi connectivity index (χ3v) is 5.28. The summed E-state index contributed by atoms with van der Waals surface area (Å²) in [5, 5.41) is 0.507. The molecule has 0 radical (unpaired) electrons. The average molecular weight is 324 g/mol. The zero-order valence-corrected chi connectivity index (χ0v) is 13.6. The van der Waals surface area contributed by atoms with E-state index in [1.165, 1.54) is 12.1 Å². The molecule has 1 atom stereocenters. The summed E-state index contributed by atoms with van der Waals surface area (Å²) in [6, 6.07) is 11.5. The fraction of sp³-hybridized carbons (Fsp3) is 0.250. The minimum Gasteiger partial charge on any atom is -0.323 e. The summed E-state index contributed by atoms with van der Waals surface area (Å²) in [7, 11) is -3.43. The number of rotatable bonds is 4. The highest BCUT2D eigenvalue weighted by Gasteiger charge is 2.20. The zero-order valence-electron chi connectivity index (χ0n) is 12.0. The van der Waals surface area contributed by atoms with Crippen LogP contribution in [0.3, 0.4) is 0 Å². The summed E-state index contributed by atoms with van der Waals surface area (Å²) in [5.41, 5.74) is 9.07. The van der Waals surface area contributed by atoms with Crippen molar-refractivity contribution >= 4 is 21.4 Å². The van der Waals surface area contributed by atoms with E-state index in [9.17, 15) is 8.42 Å². The third kappa shape index (κ3) is 4.06. The smallest absolute Gasteiger partial charge is 0.180 e. The van der Waals surface area contributed by atoms with Crippen molar-refractivity contribution in [3.05, 3.63) is 64.2 Å². The van der Waals surface area contributed by atoms with Gasteiger partial charge in [-0.3, -0.25) is 0 Å². The molecule has 2 N–H and O–H groups in total. The Morgan fingerprint density at radius 1 is 1.05 bits per heavy atom. The van der Waals surface area contributed by atoms with Crippen LogP contribution in [-0.2, 0) is 9.84 Å². The molecule has 0 aliphatic rings. The van der Waals surface area contributed by atoms with Crippen molar-refractivity contribution in [1.82, 2.24) is 0 Å². The molecule has 3 nitrogen and oxygen atoms in total. The molecule has 21 heavy (non-hydrogen) atoms. The molecule has 0 saturated carbocycles. The Morgan fingerprint density at radius 2 is 1.57 bits per heavy atom. The van der Waals surface area contributed by atoms with Crippen molar-refractivity contribution in [1.29, 1.82) is 0 Å². The molecule has 0 aliphatic carbocycles. The lowest BCUT2D eigenvalue weighted by Gasteiger charge is -2.14. The molecule has 0 aliphatic heterocycles. The second kappa shape index (κ2) is 6.18. The van der Waals surface area contributed by atoms with Crippen LogP contribution in [0.1, 0.15) is 22.7 Å². The Labute approximate surface area is 130 Å². The standard InChI is InChI=1S/C16H18ClNO2S/c1-11-7-12(2)9-13(8-11)16(18)10-21(19,20)15-5-3-14(17)4-6-15/h3-9,16H,10,18H2,1-2H3. The highest BCUT2D eigenvalue weighted by molar-refractivity contribution is 7.91. The Bertz CT molecular complexity index is 719. The van der Waals surface area contributed by atoms with Crippen molar-refractivity contribution in [2.24, 2.45) is 5.73 Å². The van der Waals surface area contributed by atoms with Crippen LogP contribution in [0.2, 0.25) is 5.02 Å². The van der Waals surface area contributed by atoms with Gasteiger partial charge in [0.25, 0.3) is 0 Å². The molecule has 0 saturated heterocycles. The van der Waals surface area contributed by atoms with E-state index < -0.39 is 15.9 Å². The van der Waals surface area contributed by atoms with Gasteiger partial charge >= 0.3 is 0 Å². The third-order valence-electron chi connectivity index (χ3n) is 3.24. The summed E-state index contributed by atoms with van der Waals surface area (Å²) < 4.78 is 24.7. The first-order chi connectivity index (χ1) is 9.78. The first kappa shape index (κ1) is 16.0. The topological polar surface area (TPSA) is 60.2 Å². The number of halogens is 1. The summed E-state index contributed by atoms with van der Waals surface area (Å²) in [6.45, 7) is 3.94. The quantitative estimate of drug-likeness (QED) is 0.937. The van der Waals surface area contributed by atoms with E-state index >= 15 is 0 Å². The van der Waals surface area contributed by atoms with Gasteiger partial charge in [0.05, 0.1) is 10.6 Å². The van der Waals surface area contributed by atoms with E-state index in [0.29, 0.717) is 5.02 Å². The van der Waals surface area contributed by atoms with Gasteiger partial charge in [-0.1, -0.05) is 40.9 Å². The second-order valence-electron chi connectivity index (χ2n) is 5.26. The van der Waals surface area contributed by atoms with Gasteiger partial charge in [-0.25, -0.2) is 8.42 Å². The molecule has 0 aromatic heterocycles. The lowest BCUT2D eigenvalue weighted by Crippen LogP contribution is -2.22. The van der Waals surface area contributed by atoms with Crippen molar-refractivity contribution in [2.45, 2.75) is 24.8 Å². The van der Waals surface area contributed by atoms with E-state index in [4.69, 9.17) is 17.3 Å². The minimum absolute atomic E-state index is 0.127. The highest BCUT2D eigenvalue weighted by Crippen LogP contribution is 2.21. The zero-order chi connectivity index (χ0) is 15.6. The molecule has 0 heterocycles. The lowest BCUT2D eigenvalue weighted by atomic mass is 10.0. The molecule has 2 aromatic rings. The van der Waals surface area contributed by atoms with Crippen molar-refractivity contribution < 1.29 is 8.42 Å². The van der Waals surface area contributed by atoms with E-state index in [-0.39, 0.29) is 10.6 Å². The maximum atomic E-state index is 12.4. The van der Waals surface area contributed by atoms with Gasteiger partial charge < -0.3 is 5.73 Å². The maximum absolute atomic E-state index is 12.4. The van der Waals surface area contributed by atoms with Gasteiger partial charge in [-0.15, -0.1) is 0 Å². The predicted molar refractivity (Wildman–Crippen MR) is 86.3 cm³/mol. The average Bonchev–Trinajstić information content (AvgIpc) is 2.37. The van der Waals surface area contributed by atoms with Gasteiger partial charge in [-0.05, 0) is 43.7 Å². The summed E-state index contributed by atoms with van der Waals surface area (Å²) in [6.07, 6.45) is 0. The van der Waals surface area contributed by atoms with E-state index in [0.717, 1.165) is 16.7 Å². The maximum Gasteiger partial charge on any atom is 0.180 e. The van der Waals surface area contributed by atoms with Crippen LogP contribution < -0.4 is 5.73 Å². The van der Waals surface area contributed by atoms with Gasteiger partial charge in [0, 0.05) is 11.1 Å². The first-order valence-corrected chi connectivity index (χ1v) is 8.63. The summed E-state index contributed by atoms with van der Waals surface area (Å²) >= 11 is 5.78.